The molecule has 2 aliphatic heterocycles. The fraction of sp³-hybridized carbons (Fsp3) is 0.917. The van der Waals surface area contributed by atoms with E-state index in [4.69, 9.17) is 19.3 Å². The second-order valence-electron chi connectivity index (χ2n) is 5.31. The zero-order valence-electron chi connectivity index (χ0n) is 12.5. The van der Waals surface area contributed by atoms with Gasteiger partial charge in [-0.15, -0.1) is 0 Å². The SMILES string of the molecule is O=C(O)C1OC(O[C@H]2C(O)C[C@@H]([O-])OC2CO)CC(O)[C@@H]1O.[K+]. The number of carbonyl (C=O) groups is 1. The summed E-state index contributed by atoms with van der Waals surface area (Å²) >= 11 is 0. The zero-order valence-corrected chi connectivity index (χ0v) is 15.6. The summed E-state index contributed by atoms with van der Waals surface area (Å²) in [6.45, 7) is -0.583. The molecule has 0 aliphatic carbocycles. The largest absolute Gasteiger partial charge is 1.00 e. The van der Waals surface area contributed by atoms with Crippen LogP contribution in [0.15, 0.2) is 0 Å². The van der Waals surface area contributed by atoms with Gasteiger partial charge in [0.25, 0.3) is 0 Å². The number of aliphatic hydroxyl groups excluding tert-OH is 4. The third-order valence-electron chi connectivity index (χ3n) is 3.68. The average Bonchev–Trinajstić information content (AvgIpc) is 2.44. The van der Waals surface area contributed by atoms with Crippen molar-refractivity contribution in [2.24, 2.45) is 0 Å². The van der Waals surface area contributed by atoms with Gasteiger partial charge >= 0.3 is 57.4 Å². The van der Waals surface area contributed by atoms with Crippen molar-refractivity contribution in [3.8, 4) is 0 Å². The monoisotopic (exact) mass is 362 g/mol. The van der Waals surface area contributed by atoms with E-state index in [0.717, 1.165) is 0 Å². The zero-order chi connectivity index (χ0) is 16.4. The number of aliphatic carboxylic acids is 1. The van der Waals surface area contributed by atoms with Gasteiger partial charge in [0.05, 0.1) is 18.8 Å². The number of aliphatic hydroxyl groups is 4. The Balaban J connectivity index is 0.00000264. The van der Waals surface area contributed by atoms with Crippen molar-refractivity contribution >= 4 is 5.97 Å². The molecule has 0 radical (unpaired) electrons. The number of hydrogen-bond donors (Lipinski definition) is 5. The Labute approximate surface area is 174 Å². The molecule has 2 aliphatic rings. The predicted molar refractivity (Wildman–Crippen MR) is 64.2 cm³/mol. The van der Waals surface area contributed by atoms with E-state index in [2.05, 4.69) is 0 Å². The molecule has 0 amide bonds. The molecule has 11 heteroatoms. The van der Waals surface area contributed by atoms with Crippen LogP contribution in [0.4, 0.5) is 0 Å². The van der Waals surface area contributed by atoms with Gasteiger partial charge in [0.15, 0.2) is 12.4 Å². The molecule has 0 bridgehead atoms. The molecule has 0 aromatic rings. The van der Waals surface area contributed by atoms with Crippen LogP contribution in [0.5, 0.6) is 0 Å². The minimum Gasteiger partial charge on any atom is -0.831 e. The number of carboxylic acid groups (broad SMARTS) is 1. The fourth-order valence-electron chi connectivity index (χ4n) is 2.54. The van der Waals surface area contributed by atoms with Gasteiger partial charge in [-0.25, -0.2) is 4.79 Å². The van der Waals surface area contributed by atoms with Gasteiger partial charge in [0.1, 0.15) is 18.3 Å². The van der Waals surface area contributed by atoms with Crippen molar-refractivity contribution in [1.29, 1.82) is 0 Å². The first-order chi connectivity index (χ1) is 10.3. The Kier molecular flexibility index (Phi) is 8.99. The van der Waals surface area contributed by atoms with E-state index >= 15 is 0 Å². The van der Waals surface area contributed by atoms with Crippen LogP contribution in [-0.2, 0) is 19.0 Å². The minimum absolute atomic E-state index is 0. The molecule has 10 nitrogen and oxygen atoms in total. The van der Waals surface area contributed by atoms with E-state index in [1.165, 1.54) is 0 Å². The van der Waals surface area contributed by atoms with Crippen LogP contribution in [0, 0.1) is 0 Å². The summed E-state index contributed by atoms with van der Waals surface area (Å²) in [6, 6.07) is 0. The first kappa shape index (κ1) is 21.8. The molecule has 128 valence electrons. The maximum absolute atomic E-state index is 11.3. The summed E-state index contributed by atoms with van der Waals surface area (Å²) in [5, 5.41) is 58.5. The Morgan fingerprint density at radius 1 is 1.17 bits per heavy atom. The Morgan fingerprint density at radius 3 is 2.39 bits per heavy atom. The molecule has 2 rings (SSSR count). The molecular formula is C12H19KO10. The summed E-state index contributed by atoms with van der Waals surface area (Å²) < 4.78 is 15.3. The van der Waals surface area contributed by atoms with Crippen molar-refractivity contribution in [3.05, 3.63) is 0 Å². The van der Waals surface area contributed by atoms with Gasteiger partial charge in [0, 0.05) is 6.42 Å². The second kappa shape index (κ2) is 9.47. The van der Waals surface area contributed by atoms with Gasteiger partial charge in [-0.05, 0) is 12.7 Å². The molecule has 2 heterocycles. The molecule has 8 atom stereocenters. The molecule has 2 fully saturated rings. The third kappa shape index (κ3) is 5.38. The van der Waals surface area contributed by atoms with Crippen molar-refractivity contribution < 1.29 is 101 Å². The summed E-state index contributed by atoms with van der Waals surface area (Å²) in [6.07, 6.45) is -11.3. The maximum atomic E-state index is 11.3. The van der Waals surface area contributed by atoms with Crippen LogP contribution in [-0.4, -0.2) is 87.3 Å². The van der Waals surface area contributed by atoms with E-state index in [1.807, 2.05) is 0 Å². The molecule has 23 heavy (non-hydrogen) atoms. The molecule has 0 spiro atoms. The van der Waals surface area contributed by atoms with Crippen molar-refractivity contribution in [2.45, 2.75) is 62.0 Å². The molecule has 0 aromatic carbocycles. The quantitative estimate of drug-likeness (QED) is 0.303. The Morgan fingerprint density at radius 2 is 1.83 bits per heavy atom. The summed E-state index contributed by atoms with van der Waals surface area (Å²) in [5.74, 6) is -1.47. The van der Waals surface area contributed by atoms with Crippen LogP contribution < -0.4 is 56.5 Å². The summed E-state index contributed by atoms with van der Waals surface area (Å²) in [5.41, 5.74) is 0. The van der Waals surface area contributed by atoms with E-state index in [9.17, 15) is 30.3 Å². The topological polar surface area (TPSA) is 169 Å². The first-order valence-electron chi connectivity index (χ1n) is 6.83. The van der Waals surface area contributed by atoms with Crippen LogP contribution in [0.2, 0.25) is 0 Å². The van der Waals surface area contributed by atoms with E-state index < -0.39 is 61.8 Å². The average molecular weight is 362 g/mol. The van der Waals surface area contributed by atoms with Crippen molar-refractivity contribution in [2.75, 3.05) is 6.61 Å². The van der Waals surface area contributed by atoms with E-state index in [0.29, 0.717) is 0 Å². The number of carboxylic acids is 1. The van der Waals surface area contributed by atoms with Gasteiger partial charge in [-0.1, -0.05) is 0 Å². The number of rotatable bonds is 4. The summed E-state index contributed by atoms with van der Waals surface area (Å²) in [4.78, 5) is 11.0. The molecule has 5 unspecified atom stereocenters. The predicted octanol–water partition coefficient (Wildman–Crippen LogP) is -6.87. The van der Waals surface area contributed by atoms with Crippen molar-refractivity contribution in [1.82, 2.24) is 0 Å². The van der Waals surface area contributed by atoms with E-state index in [-0.39, 0.29) is 64.2 Å². The Hall–Kier alpha value is 0.786. The molecule has 0 saturated carbocycles. The second-order valence-corrected chi connectivity index (χ2v) is 5.31. The van der Waals surface area contributed by atoms with Gasteiger partial charge in [0.2, 0.25) is 0 Å². The van der Waals surface area contributed by atoms with Gasteiger partial charge < -0.3 is 44.8 Å². The smallest absolute Gasteiger partial charge is 0.831 e. The van der Waals surface area contributed by atoms with Crippen LogP contribution in [0.3, 0.4) is 0 Å². The van der Waals surface area contributed by atoms with Crippen molar-refractivity contribution in [3.63, 3.8) is 0 Å². The van der Waals surface area contributed by atoms with E-state index in [1.54, 1.807) is 0 Å². The van der Waals surface area contributed by atoms with Gasteiger partial charge in [-0.3, -0.25) is 0 Å². The first-order valence-corrected chi connectivity index (χ1v) is 6.83. The third-order valence-corrected chi connectivity index (χ3v) is 3.68. The fourth-order valence-corrected chi connectivity index (χ4v) is 2.54. The van der Waals surface area contributed by atoms with Crippen LogP contribution in [0.1, 0.15) is 12.8 Å². The molecule has 2 saturated heterocycles. The standard InChI is InChI=1S/C12H19O10.K/c13-3-6-10(5(15)1-7(16)20-6)21-8-2-4(14)9(17)11(22-8)12(18)19;/h4-11,13-15,17H,1-3H2,(H,18,19);/q-1;+1/t4?,5?,6?,7-,8?,9-,10-,11?;/m0./s1. The molecular weight excluding hydrogens is 343 g/mol. The Bertz CT molecular complexity index is 396. The normalized spacial score (nSPS) is 44.4. The summed E-state index contributed by atoms with van der Waals surface area (Å²) in [7, 11) is 0. The van der Waals surface area contributed by atoms with Gasteiger partial charge in [-0.2, -0.15) is 0 Å². The molecule has 0 aromatic heterocycles. The van der Waals surface area contributed by atoms with Crippen LogP contribution >= 0.6 is 0 Å². The minimum atomic E-state index is -1.68. The number of hydrogen-bond acceptors (Lipinski definition) is 9. The maximum Gasteiger partial charge on any atom is 1.00 e. The number of ether oxygens (including phenoxy) is 3. The van der Waals surface area contributed by atoms with Crippen LogP contribution in [0.25, 0.3) is 0 Å². The molecule has 5 N–H and O–H groups in total.